The molecular weight excluding hydrogens is 388 g/mol. The predicted octanol–water partition coefficient (Wildman–Crippen LogP) is 3.84. The van der Waals surface area contributed by atoms with Gasteiger partial charge < -0.3 is 10.1 Å². The molecule has 0 atom stereocenters. The van der Waals surface area contributed by atoms with Gasteiger partial charge in [0, 0.05) is 10.7 Å². The zero-order chi connectivity index (χ0) is 20.0. The van der Waals surface area contributed by atoms with Crippen LogP contribution in [-0.4, -0.2) is 33.7 Å². The van der Waals surface area contributed by atoms with Crippen molar-refractivity contribution in [3.63, 3.8) is 0 Å². The summed E-state index contributed by atoms with van der Waals surface area (Å²) in [5, 5.41) is 3.19. The van der Waals surface area contributed by atoms with Crippen LogP contribution in [0, 0.1) is 6.92 Å². The normalized spacial score (nSPS) is 11.1. The highest BCUT2D eigenvalue weighted by molar-refractivity contribution is 7.92. The third-order valence-corrected chi connectivity index (χ3v) is 5.29. The first-order valence-electron chi connectivity index (χ1n) is 8.47. The van der Waals surface area contributed by atoms with Crippen LogP contribution >= 0.6 is 11.6 Å². The first-order valence-corrected chi connectivity index (χ1v) is 10.7. The van der Waals surface area contributed by atoms with E-state index in [0.717, 1.165) is 22.5 Å². The lowest BCUT2D eigenvalue weighted by Crippen LogP contribution is -2.37. The quantitative estimate of drug-likeness (QED) is 0.717. The maximum atomic E-state index is 12.4. The molecular formula is C19H23ClN2O4S. The molecule has 0 fully saturated rings. The van der Waals surface area contributed by atoms with Gasteiger partial charge in [-0.05, 0) is 55.3 Å². The van der Waals surface area contributed by atoms with E-state index in [4.69, 9.17) is 16.3 Å². The van der Waals surface area contributed by atoms with E-state index >= 15 is 0 Å². The number of amides is 1. The van der Waals surface area contributed by atoms with Crippen molar-refractivity contribution in [2.75, 3.05) is 29.0 Å². The smallest absolute Gasteiger partial charge is 0.245 e. The molecule has 0 aromatic heterocycles. The summed E-state index contributed by atoms with van der Waals surface area (Å²) in [6.45, 7) is 4.09. The minimum atomic E-state index is -3.64. The van der Waals surface area contributed by atoms with E-state index in [1.807, 2.05) is 13.8 Å². The van der Waals surface area contributed by atoms with Crippen molar-refractivity contribution in [1.29, 1.82) is 0 Å². The molecule has 8 heteroatoms. The van der Waals surface area contributed by atoms with Crippen LogP contribution < -0.4 is 14.4 Å². The molecule has 1 amide bonds. The fourth-order valence-electron chi connectivity index (χ4n) is 2.33. The van der Waals surface area contributed by atoms with Crippen LogP contribution in [0.25, 0.3) is 0 Å². The number of anilines is 2. The molecule has 2 aromatic carbocycles. The molecule has 2 rings (SSSR count). The molecule has 0 spiro atoms. The number of carbonyl (C=O) groups excluding carboxylic acids is 1. The number of carbonyl (C=O) groups is 1. The second kappa shape index (κ2) is 9.10. The van der Waals surface area contributed by atoms with Gasteiger partial charge >= 0.3 is 0 Å². The van der Waals surface area contributed by atoms with Crippen molar-refractivity contribution in [2.45, 2.75) is 20.3 Å². The number of hydrogen-bond donors (Lipinski definition) is 1. The second-order valence-corrected chi connectivity index (χ2v) is 8.44. The highest BCUT2D eigenvalue weighted by Crippen LogP contribution is 2.23. The van der Waals surface area contributed by atoms with Crippen molar-refractivity contribution in [2.24, 2.45) is 0 Å². The summed E-state index contributed by atoms with van der Waals surface area (Å²) < 4.78 is 30.9. The summed E-state index contributed by atoms with van der Waals surface area (Å²) in [6.07, 6.45) is 1.94. The first-order chi connectivity index (χ1) is 12.7. The summed E-state index contributed by atoms with van der Waals surface area (Å²) in [5.41, 5.74) is 1.78. The Hall–Kier alpha value is -2.25. The fraction of sp³-hybridized carbons (Fsp3) is 0.316. The van der Waals surface area contributed by atoms with E-state index in [9.17, 15) is 13.2 Å². The highest BCUT2D eigenvalue weighted by atomic mass is 35.5. The Bertz CT molecular complexity index is 898. The average Bonchev–Trinajstić information content (AvgIpc) is 2.61. The molecule has 2 aromatic rings. The lowest BCUT2D eigenvalue weighted by atomic mass is 10.2. The van der Waals surface area contributed by atoms with Crippen LogP contribution in [0.3, 0.4) is 0 Å². The standard InChI is InChI=1S/C19H23ClN2O4S/c1-4-11-26-17-9-7-16(8-10-17)22(27(3,24)25)13-19(23)21-15-6-5-14(2)18(20)12-15/h5-10,12H,4,11,13H2,1-3H3,(H,21,23). The van der Waals surface area contributed by atoms with Crippen molar-refractivity contribution < 1.29 is 17.9 Å². The number of sulfonamides is 1. The van der Waals surface area contributed by atoms with Gasteiger partial charge in [-0.15, -0.1) is 0 Å². The molecule has 6 nitrogen and oxygen atoms in total. The van der Waals surface area contributed by atoms with Gasteiger partial charge in [0.1, 0.15) is 12.3 Å². The van der Waals surface area contributed by atoms with Crippen LogP contribution in [0.2, 0.25) is 5.02 Å². The van der Waals surface area contributed by atoms with E-state index in [-0.39, 0.29) is 6.54 Å². The lowest BCUT2D eigenvalue weighted by molar-refractivity contribution is -0.114. The Morgan fingerprint density at radius 2 is 1.85 bits per heavy atom. The number of ether oxygens (including phenoxy) is 1. The van der Waals surface area contributed by atoms with Crippen molar-refractivity contribution in [1.82, 2.24) is 0 Å². The van der Waals surface area contributed by atoms with Crippen LogP contribution in [0.15, 0.2) is 42.5 Å². The van der Waals surface area contributed by atoms with E-state index in [0.29, 0.717) is 28.8 Å². The minimum absolute atomic E-state index is 0.348. The topological polar surface area (TPSA) is 75.7 Å². The average molecular weight is 411 g/mol. The minimum Gasteiger partial charge on any atom is -0.494 e. The molecule has 146 valence electrons. The van der Waals surface area contributed by atoms with Gasteiger partial charge in [0.15, 0.2) is 0 Å². The lowest BCUT2D eigenvalue weighted by Gasteiger charge is -2.22. The molecule has 0 saturated carbocycles. The van der Waals surface area contributed by atoms with Crippen molar-refractivity contribution >= 4 is 38.9 Å². The summed E-state index contributed by atoms with van der Waals surface area (Å²) >= 11 is 6.05. The summed E-state index contributed by atoms with van der Waals surface area (Å²) in [4.78, 5) is 12.4. The van der Waals surface area contributed by atoms with Gasteiger partial charge in [0.25, 0.3) is 0 Å². The molecule has 0 heterocycles. The molecule has 0 unspecified atom stereocenters. The summed E-state index contributed by atoms with van der Waals surface area (Å²) in [7, 11) is -3.64. The highest BCUT2D eigenvalue weighted by Gasteiger charge is 2.21. The van der Waals surface area contributed by atoms with Gasteiger partial charge in [-0.3, -0.25) is 9.10 Å². The molecule has 0 aliphatic heterocycles. The third kappa shape index (κ3) is 6.15. The maximum absolute atomic E-state index is 12.4. The number of nitrogens with zero attached hydrogens (tertiary/aromatic N) is 1. The number of aryl methyl sites for hydroxylation is 1. The number of hydrogen-bond acceptors (Lipinski definition) is 4. The molecule has 0 aliphatic carbocycles. The van der Waals surface area contributed by atoms with Crippen molar-refractivity contribution in [3.8, 4) is 5.75 Å². The maximum Gasteiger partial charge on any atom is 0.245 e. The van der Waals surface area contributed by atoms with Crippen LogP contribution in [-0.2, 0) is 14.8 Å². The third-order valence-electron chi connectivity index (χ3n) is 3.74. The van der Waals surface area contributed by atoms with Crippen LogP contribution in [0.4, 0.5) is 11.4 Å². The van der Waals surface area contributed by atoms with E-state index < -0.39 is 15.9 Å². The predicted molar refractivity (Wildman–Crippen MR) is 109 cm³/mol. The van der Waals surface area contributed by atoms with E-state index in [1.165, 1.54) is 0 Å². The SMILES string of the molecule is CCCOc1ccc(N(CC(=O)Nc2ccc(C)c(Cl)c2)S(C)(=O)=O)cc1. The Morgan fingerprint density at radius 1 is 1.19 bits per heavy atom. The second-order valence-electron chi connectivity index (χ2n) is 6.12. The summed E-state index contributed by atoms with van der Waals surface area (Å²) in [5.74, 6) is 0.180. The van der Waals surface area contributed by atoms with Gasteiger partial charge in [-0.1, -0.05) is 24.6 Å². The Balaban J connectivity index is 2.14. The largest absolute Gasteiger partial charge is 0.494 e. The number of benzene rings is 2. The number of rotatable bonds is 8. The van der Waals surface area contributed by atoms with Crippen LogP contribution in [0.5, 0.6) is 5.75 Å². The Kier molecular flexibility index (Phi) is 7.10. The molecule has 27 heavy (non-hydrogen) atoms. The van der Waals surface area contributed by atoms with Gasteiger partial charge in [-0.2, -0.15) is 0 Å². The van der Waals surface area contributed by atoms with Crippen LogP contribution in [0.1, 0.15) is 18.9 Å². The fourth-order valence-corrected chi connectivity index (χ4v) is 3.37. The summed E-state index contributed by atoms with van der Waals surface area (Å²) in [6, 6.07) is 11.7. The molecule has 0 aliphatic rings. The van der Waals surface area contributed by atoms with Gasteiger partial charge in [0.05, 0.1) is 18.6 Å². The van der Waals surface area contributed by atoms with E-state index in [1.54, 1.807) is 42.5 Å². The Labute approximate surface area is 165 Å². The zero-order valence-electron chi connectivity index (χ0n) is 15.5. The number of halogens is 1. The first kappa shape index (κ1) is 21.1. The molecule has 0 bridgehead atoms. The molecule has 0 saturated heterocycles. The van der Waals surface area contributed by atoms with Crippen molar-refractivity contribution in [3.05, 3.63) is 53.1 Å². The number of nitrogens with one attached hydrogen (secondary N) is 1. The van der Waals surface area contributed by atoms with Gasteiger partial charge in [-0.25, -0.2) is 8.42 Å². The van der Waals surface area contributed by atoms with Gasteiger partial charge in [0.2, 0.25) is 15.9 Å². The van der Waals surface area contributed by atoms with E-state index in [2.05, 4.69) is 5.32 Å². The zero-order valence-corrected chi connectivity index (χ0v) is 17.1. The molecule has 1 N–H and O–H groups in total. The monoisotopic (exact) mass is 410 g/mol. The Morgan fingerprint density at radius 3 is 2.41 bits per heavy atom. The molecule has 0 radical (unpaired) electrons.